The molecule has 1 aromatic rings. The first kappa shape index (κ1) is 14.5. The maximum Gasteiger partial charge on any atom is 0.244 e. The van der Waals surface area contributed by atoms with Gasteiger partial charge in [-0.2, -0.15) is 4.31 Å². The van der Waals surface area contributed by atoms with Gasteiger partial charge in [0.15, 0.2) is 5.82 Å². The van der Waals surface area contributed by atoms with Gasteiger partial charge in [-0.1, -0.05) is 25.4 Å². The van der Waals surface area contributed by atoms with Crippen LogP contribution < -0.4 is 11.3 Å². The van der Waals surface area contributed by atoms with Crippen molar-refractivity contribution in [2.24, 2.45) is 17.7 Å². The SMILES string of the molecule is CC1CN(S(=O)(=O)c2cnc(NN)c(Cl)c2)CC1C. The quantitative estimate of drug-likeness (QED) is 0.649. The molecule has 1 aromatic heterocycles. The van der Waals surface area contributed by atoms with Crippen LogP contribution in [0.1, 0.15) is 13.8 Å². The Balaban J connectivity index is 2.33. The Morgan fingerprint density at radius 1 is 1.42 bits per heavy atom. The van der Waals surface area contributed by atoms with Gasteiger partial charge in [0.05, 0.1) is 5.02 Å². The Morgan fingerprint density at radius 3 is 2.47 bits per heavy atom. The van der Waals surface area contributed by atoms with Crippen LogP contribution in [0, 0.1) is 11.8 Å². The average Bonchev–Trinajstić information content (AvgIpc) is 2.70. The predicted molar refractivity (Wildman–Crippen MR) is 74.1 cm³/mol. The number of nitrogen functional groups attached to an aromatic ring is 1. The number of anilines is 1. The number of aromatic nitrogens is 1. The summed E-state index contributed by atoms with van der Waals surface area (Å²) in [5.74, 6) is 6.17. The second kappa shape index (κ2) is 5.24. The second-order valence-corrected chi connectivity index (χ2v) is 7.27. The van der Waals surface area contributed by atoms with E-state index in [4.69, 9.17) is 17.4 Å². The summed E-state index contributed by atoms with van der Waals surface area (Å²) in [6, 6.07) is 1.37. The molecular weight excluding hydrogens is 288 g/mol. The number of pyridine rings is 1. The first-order valence-electron chi connectivity index (χ1n) is 5.98. The molecule has 2 heterocycles. The zero-order valence-corrected chi connectivity index (χ0v) is 12.4. The van der Waals surface area contributed by atoms with Gasteiger partial charge in [-0.25, -0.2) is 19.2 Å². The molecule has 1 aliphatic heterocycles. The highest BCUT2D eigenvalue weighted by molar-refractivity contribution is 7.89. The lowest BCUT2D eigenvalue weighted by Gasteiger charge is -2.16. The number of sulfonamides is 1. The highest BCUT2D eigenvalue weighted by atomic mass is 35.5. The number of halogens is 1. The van der Waals surface area contributed by atoms with Crippen LogP contribution in [0.2, 0.25) is 5.02 Å². The summed E-state index contributed by atoms with van der Waals surface area (Å²) in [6.07, 6.45) is 1.27. The van der Waals surface area contributed by atoms with Crippen molar-refractivity contribution >= 4 is 27.4 Å². The molecule has 3 N–H and O–H groups in total. The molecule has 0 saturated carbocycles. The molecule has 1 fully saturated rings. The fourth-order valence-corrected chi connectivity index (χ4v) is 3.99. The summed E-state index contributed by atoms with van der Waals surface area (Å²) in [6.45, 7) is 5.15. The third-order valence-corrected chi connectivity index (χ3v) is 5.63. The van der Waals surface area contributed by atoms with E-state index in [1.54, 1.807) is 0 Å². The molecule has 0 spiro atoms. The summed E-state index contributed by atoms with van der Waals surface area (Å²) in [7, 11) is -3.53. The molecule has 1 saturated heterocycles. The highest BCUT2D eigenvalue weighted by Gasteiger charge is 2.35. The molecule has 0 radical (unpaired) electrons. The molecule has 106 valence electrons. The van der Waals surface area contributed by atoms with Crippen LogP contribution in [-0.2, 0) is 10.0 Å². The average molecular weight is 305 g/mol. The Bertz CT molecular complexity index is 568. The highest BCUT2D eigenvalue weighted by Crippen LogP contribution is 2.29. The number of nitrogens with zero attached hydrogens (tertiary/aromatic N) is 2. The Hall–Kier alpha value is -0.890. The van der Waals surface area contributed by atoms with Crippen molar-refractivity contribution in [1.29, 1.82) is 0 Å². The minimum atomic E-state index is -3.53. The van der Waals surface area contributed by atoms with Gasteiger partial charge in [-0.05, 0) is 17.9 Å². The van der Waals surface area contributed by atoms with E-state index in [1.807, 2.05) is 13.8 Å². The molecular formula is C11H17ClN4O2S. The van der Waals surface area contributed by atoms with Crippen LogP contribution >= 0.6 is 11.6 Å². The Kier molecular flexibility index (Phi) is 4.00. The maximum absolute atomic E-state index is 12.5. The minimum Gasteiger partial charge on any atom is -0.307 e. The van der Waals surface area contributed by atoms with Crippen LogP contribution in [0.25, 0.3) is 0 Å². The molecule has 19 heavy (non-hydrogen) atoms. The van der Waals surface area contributed by atoms with Gasteiger partial charge < -0.3 is 5.43 Å². The minimum absolute atomic E-state index is 0.0952. The van der Waals surface area contributed by atoms with Crippen LogP contribution in [0.15, 0.2) is 17.2 Å². The van der Waals surface area contributed by atoms with Gasteiger partial charge >= 0.3 is 0 Å². The van der Waals surface area contributed by atoms with Crippen molar-refractivity contribution in [3.05, 3.63) is 17.3 Å². The number of hydrogen-bond acceptors (Lipinski definition) is 5. The standard InChI is InChI=1S/C11H17ClN4O2S/c1-7-5-16(6-8(7)2)19(17,18)9-3-10(12)11(15-13)14-4-9/h3-4,7-8H,5-6,13H2,1-2H3,(H,14,15). The number of hydrogen-bond donors (Lipinski definition) is 2. The van der Waals surface area contributed by atoms with E-state index in [1.165, 1.54) is 16.6 Å². The molecule has 0 aliphatic carbocycles. The van der Waals surface area contributed by atoms with Gasteiger partial charge in [-0.3, -0.25) is 0 Å². The largest absolute Gasteiger partial charge is 0.307 e. The summed E-state index contributed by atoms with van der Waals surface area (Å²) in [5.41, 5.74) is 2.31. The van der Waals surface area contributed by atoms with Gasteiger partial charge in [0.1, 0.15) is 4.90 Å². The predicted octanol–water partition coefficient (Wildman–Crippen LogP) is 1.30. The van der Waals surface area contributed by atoms with E-state index in [0.717, 1.165) is 0 Å². The Morgan fingerprint density at radius 2 is 2.00 bits per heavy atom. The summed E-state index contributed by atoms with van der Waals surface area (Å²) < 4.78 is 26.4. The molecule has 1 aliphatic rings. The second-order valence-electron chi connectivity index (χ2n) is 4.92. The lowest BCUT2D eigenvalue weighted by molar-refractivity contribution is 0.463. The van der Waals surface area contributed by atoms with Gasteiger partial charge in [0, 0.05) is 19.3 Å². The van der Waals surface area contributed by atoms with E-state index in [-0.39, 0.29) is 15.7 Å². The van der Waals surface area contributed by atoms with Crippen molar-refractivity contribution in [2.75, 3.05) is 18.5 Å². The van der Waals surface area contributed by atoms with Crippen LogP contribution in [0.5, 0.6) is 0 Å². The Labute approximate surface area is 118 Å². The fraction of sp³-hybridized carbons (Fsp3) is 0.545. The molecule has 0 aromatic carbocycles. The first-order chi connectivity index (χ1) is 8.86. The van der Waals surface area contributed by atoms with Gasteiger partial charge in [0.2, 0.25) is 10.0 Å². The molecule has 2 unspecified atom stereocenters. The van der Waals surface area contributed by atoms with Crippen molar-refractivity contribution in [3.63, 3.8) is 0 Å². The molecule has 0 bridgehead atoms. The number of hydrazine groups is 1. The van der Waals surface area contributed by atoms with E-state index in [2.05, 4.69) is 10.4 Å². The number of rotatable bonds is 3. The fourth-order valence-electron chi connectivity index (χ4n) is 2.09. The summed E-state index contributed by atoms with van der Waals surface area (Å²) in [5, 5.41) is 0.184. The maximum atomic E-state index is 12.5. The van der Waals surface area contributed by atoms with Crippen LogP contribution in [0.4, 0.5) is 5.82 Å². The third-order valence-electron chi connectivity index (χ3n) is 3.55. The van der Waals surface area contributed by atoms with Crippen molar-refractivity contribution in [3.8, 4) is 0 Å². The zero-order valence-electron chi connectivity index (χ0n) is 10.8. The zero-order chi connectivity index (χ0) is 14.2. The molecule has 2 atom stereocenters. The van der Waals surface area contributed by atoms with Gasteiger partial charge in [0.25, 0.3) is 0 Å². The monoisotopic (exact) mass is 304 g/mol. The number of nitrogens with one attached hydrogen (secondary N) is 1. The smallest absolute Gasteiger partial charge is 0.244 e. The lowest BCUT2D eigenvalue weighted by atomic mass is 10.0. The normalized spacial score (nSPS) is 24.6. The van der Waals surface area contributed by atoms with Crippen molar-refractivity contribution < 1.29 is 8.42 Å². The molecule has 0 amide bonds. The molecule has 6 nitrogen and oxygen atoms in total. The molecule has 8 heteroatoms. The van der Waals surface area contributed by atoms with Crippen molar-refractivity contribution in [1.82, 2.24) is 9.29 Å². The third kappa shape index (κ3) is 2.69. The number of nitrogens with two attached hydrogens (primary N) is 1. The summed E-state index contributed by atoms with van der Waals surface area (Å²) in [4.78, 5) is 3.99. The lowest BCUT2D eigenvalue weighted by Crippen LogP contribution is -2.29. The van der Waals surface area contributed by atoms with E-state index in [0.29, 0.717) is 24.9 Å². The first-order valence-corrected chi connectivity index (χ1v) is 7.80. The van der Waals surface area contributed by atoms with Gasteiger partial charge in [-0.15, -0.1) is 0 Å². The van der Waals surface area contributed by atoms with Crippen LogP contribution in [0.3, 0.4) is 0 Å². The molecule has 2 rings (SSSR count). The topological polar surface area (TPSA) is 88.3 Å². The van der Waals surface area contributed by atoms with Crippen LogP contribution in [-0.4, -0.2) is 30.8 Å². The van der Waals surface area contributed by atoms with Crippen molar-refractivity contribution in [2.45, 2.75) is 18.7 Å². The van der Waals surface area contributed by atoms with E-state index >= 15 is 0 Å². The van der Waals surface area contributed by atoms with E-state index in [9.17, 15) is 8.42 Å². The van der Waals surface area contributed by atoms with E-state index < -0.39 is 10.0 Å². The summed E-state index contributed by atoms with van der Waals surface area (Å²) >= 11 is 5.91.